The van der Waals surface area contributed by atoms with E-state index >= 15 is 0 Å². The van der Waals surface area contributed by atoms with Crippen molar-refractivity contribution >= 4 is 44.9 Å². The highest BCUT2D eigenvalue weighted by Crippen LogP contribution is 2.29. The smallest absolute Gasteiger partial charge is 0.277 e. The van der Waals surface area contributed by atoms with Gasteiger partial charge in [-0.1, -0.05) is 42.1 Å². The fraction of sp³-hybridized carbons (Fsp3) is 0.211. The lowest BCUT2D eigenvalue weighted by Crippen LogP contribution is -2.25. The van der Waals surface area contributed by atoms with Gasteiger partial charge in [-0.05, 0) is 37.6 Å². The lowest BCUT2D eigenvalue weighted by atomic mass is 10.2. The number of thioether (sulfide) groups is 1. The maximum Gasteiger partial charge on any atom is 0.277 e. The Labute approximate surface area is 160 Å². The first-order valence-electron chi connectivity index (χ1n) is 8.10. The van der Waals surface area contributed by atoms with E-state index in [-0.39, 0.29) is 12.5 Å². The standard InChI is InChI=1S/C19H19N3O2S2/c1-13-7-3-5-9-16(13)24-11-18(23)22-21-14(2)12-25-19-20-15-8-4-6-10-17(15)26-19/h3-10H,11-12H2,1-2H3,(H,22,23)/b21-14+. The Kier molecular flexibility index (Phi) is 6.25. The van der Waals surface area contributed by atoms with Crippen molar-refractivity contribution in [2.45, 2.75) is 18.2 Å². The number of benzene rings is 2. The number of amides is 1. The minimum atomic E-state index is -0.280. The number of aryl methyl sites for hydroxylation is 1. The average Bonchev–Trinajstić information content (AvgIpc) is 3.07. The molecular formula is C19H19N3O2S2. The van der Waals surface area contributed by atoms with Crippen LogP contribution in [-0.4, -0.2) is 29.0 Å². The molecule has 0 aliphatic rings. The second kappa shape index (κ2) is 8.82. The Morgan fingerprint density at radius 2 is 2.00 bits per heavy atom. The van der Waals surface area contributed by atoms with E-state index in [1.54, 1.807) is 23.1 Å². The molecular weight excluding hydrogens is 366 g/mol. The summed E-state index contributed by atoms with van der Waals surface area (Å²) in [6.07, 6.45) is 0. The van der Waals surface area contributed by atoms with Crippen LogP contribution in [0.2, 0.25) is 0 Å². The maximum absolute atomic E-state index is 11.9. The van der Waals surface area contributed by atoms with Crippen molar-refractivity contribution in [3.05, 3.63) is 54.1 Å². The first kappa shape index (κ1) is 18.4. The molecule has 1 N–H and O–H groups in total. The zero-order valence-corrected chi connectivity index (χ0v) is 16.2. The van der Waals surface area contributed by atoms with Gasteiger partial charge in [-0.15, -0.1) is 11.3 Å². The van der Waals surface area contributed by atoms with Gasteiger partial charge in [0.2, 0.25) is 0 Å². The molecule has 1 aromatic heterocycles. The fourth-order valence-electron chi connectivity index (χ4n) is 2.16. The predicted octanol–water partition coefficient (Wildman–Crippen LogP) is 4.27. The number of fused-ring (bicyclic) bond motifs is 1. The molecule has 0 bridgehead atoms. The second-order valence-electron chi connectivity index (χ2n) is 5.67. The van der Waals surface area contributed by atoms with Crippen LogP contribution in [0.4, 0.5) is 0 Å². The number of nitrogens with one attached hydrogen (secondary N) is 1. The van der Waals surface area contributed by atoms with Crippen LogP contribution in [-0.2, 0) is 4.79 Å². The van der Waals surface area contributed by atoms with Gasteiger partial charge in [0.05, 0.1) is 10.2 Å². The number of carbonyl (C=O) groups is 1. The predicted molar refractivity (Wildman–Crippen MR) is 108 cm³/mol. The SMILES string of the molecule is C/C(CSc1nc2ccccc2s1)=N\NC(=O)COc1ccccc1C. The minimum absolute atomic E-state index is 0.0629. The summed E-state index contributed by atoms with van der Waals surface area (Å²) >= 11 is 3.27. The summed E-state index contributed by atoms with van der Waals surface area (Å²) in [6.45, 7) is 3.75. The van der Waals surface area contributed by atoms with Crippen LogP contribution in [0.5, 0.6) is 5.75 Å². The van der Waals surface area contributed by atoms with Gasteiger partial charge in [0.1, 0.15) is 5.75 Å². The van der Waals surface area contributed by atoms with Gasteiger partial charge in [0, 0.05) is 11.5 Å². The lowest BCUT2D eigenvalue weighted by molar-refractivity contribution is -0.123. The van der Waals surface area contributed by atoms with Crippen molar-refractivity contribution in [1.82, 2.24) is 10.4 Å². The number of ether oxygens (including phenoxy) is 1. The van der Waals surface area contributed by atoms with Gasteiger partial charge >= 0.3 is 0 Å². The van der Waals surface area contributed by atoms with Gasteiger partial charge in [-0.2, -0.15) is 5.10 Å². The Morgan fingerprint density at radius 3 is 2.81 bits per heavy atom. The molecule has 2 aromatic carbocycles. The van der Waals surface area contributed by atoms with Gasteiger partial charge in [0.15, 0.2) is 10.9 Å². The number of hydrogen-bond donors (Lipinski definition) is 1. The Bertz CT molecular complexity index is 904. The molecule has 0 fully saturated rings. The first-order valence-corrected chi connectivity index (χ1v) is 9.91. The van der Waals surface area contributed by atoms with E-state index in [0.717, 1.165) is 21.1 Å². The highest BCUT2D eigenvalue weighted by Gasteiger charge is 2.06. The van der Waals surface area contributed by atoms with E-state index < -0.39 is 0 Å². The number of aromatic nitrogens is 1. The van der Waals surface area contributed by atoms with Gasteiger partial charge in [0.25, 0.3) is 5.91 Å². The summed E-state index contributed by atoms with van der Waals surface area (Å²) in [5, 5.41) is 4.12. The number of carbonyl (C=O) groups excluding carboxylic acids is 1. The van der Waals surface area contributed by atoms with Crippen molar-refractivity contribution in [2.24, 2.45) is 5.10 Å². The Morgan fingerprint density at radius 1 is 1.23 bits per heavy atom. The van der Waals surface area contributed by atoms with Crippen molar-refractivity contribution in [1.29, 1.82) is 0 Å². The Balaban J connectivity index is 1.45. The van der Waals surface area contributed by atoms with Crippen LogP contribution in [0.3, 0.4) is 0 Å². The van der Waals surface area contributed by atoms with Crippen LogP contribution in [0, 0.1) is 6.92 Å². The third-order valence-electron chi connectivity index (χ3n) is 3.50. The monoisotopic (exact) mass is 385 g/mol. The normalized spacial score (nSPS) is 11.5. The second-order valence-corrected chi connectivity index (χ2v) is 7.93. The largest absolute Gasteiger partial charge is 0.483 e. The van der Waals surface area contributed by atoms with Gasteiger partial charge in [-0.25, -0.2) is 10.4 Å². The number of para-hydroxylation sites is 2. The van der Waals surface area contributed by atoms with Crippen molar-refractivity contribution in [3.63, 3.8) is 0 Å². The minimum Gasteiger partial charge on any atom is -0.483 e. The molecule has 5 nitrogen and oxygen atoms in total. The summed E-state index contributed by atoms with van der Waals surface area (Å²) in [6, 6.07) is 15.6. The van der Waals surface area contributed by atoms with Crippen molar-refractivity contribution in [3.8, 4) is 5.75 Å². The molecule has 0 saturated heterocycles. The molecule has 0 aliphatic carbocycles. The number of nitrogens with zero attached hydrogens (tertiary/aromatic N) is 2. The van der Waals surface area contributed by atoms with E-state index in [2.05, 4.69) is 21.6 Å². The van der Waals surface area contributed by atoms with E-state index in [1.165, 1.54) is 4.70 Å². The number of rotatable bonds is 7. The molecule has 26 heavy (non-hydrogen) atoms. The molecule has 0 spiro atoms. The van der Waals surface area contributed by atoms with Gasteiger partial charge in [-0.3, -0.25) is 4.79 Å². The summed E-state index contributed by atoms with van der Waals surface area (Å²) in [5.41, 5.74) is 5.35. The van der Waals surface area contributed by atoms with E-state index in [9.17, 15) is 4.79 Å². The van der Waals surface area contributed by atoms with Crippen LogP contribution < -0.4 is 10.2 Å². The third kappa shape index (κ3) is 5.06. The molecule has 3 rings (SSSR count). The van der Waals surface area contributed by atoms with E-state index in [1.807, 2.05) is 56.3 Å². The molecule has 0 radical (unpaired) electrons. The summed E-state index contributed by atoms with van der Waals surface area (Å²) in [4.78, 5) is 16.4. The molecule has 0 atom stereocenters. The molecule has 7 heteroatoms. The number of thiazole rings is 1. The van der Waals surface area contributed by atoms with Crippen molar-refractivity contribution in [2.75, 3.05) is 12.4 Å². The molecule has 3 aromatic rings. The summed E-state index contributed by atoms with van der Waals surface area (Å²) in [5.74, 6) is 1.09. The highest BCUT2D eigenvalue weighted by atomic mass is 32.2. The molecule has 1 amide bonds. The van der Waals surface area contributed by atoms with Crippen LogP contribution in [0.25, 0.3) is 10.2 Å². The van der Waals surface area contributed by atoms with Crippen LogP contribution >= 0.6 is 23.1 Å². The first-order chi connectivity index (χ1) is 12.6. The maximum atomic E-state index is 11.9. The molecule has 0 saturated carbocycles. The topological polar surface area (TPSA) is 63.6 Å². The van der Waals surface area contributed by atoms with E-state index in [4.69, 9.17) is 4.74 Å². The lowest BCUT2D eigenvalue weighted by Gasteiger charge is -2.07. The van der Waals surface area contributed by atoms with Crippen molar-refractivity contribution < 1.29 is 9.53 Å². The van der Waals surface area contributed by atoms with E-state index in [0.29, 0.717) is 11.5 Å². The number of hydrogen-bond acceptors (Lipinski definition) is 6. The zero-order valence-electron chi connectivity index (χ0n) is 14.6. The Hall–Kier alpha value is -2.38. The third-order valence-corrected chi connectivity index (χ3v) is 5.84. The van der Waals surface area contributed by atoms with Gasteiger partial charge < -0.3 is 4.74 Å². The fourth-order valence-corrected chi connectivity index (χ4v) is 4.10. The average molecular weight is 386 g/mol. The molecule has 0 aliphatic heterocycles. The zero-order chi connectivity index (χ0) is 18.4. The molecule has 0 unspecified atom stereocenters. The number of hydrazone groups is 1. The quantitative estimate of drug-likeness (QED) is 0.375. The molecule has 1 heterocycles. The van der Waals surface area contributed by atoms with Crippen LogP contribution in [0.1, 0.15) is 12.5 Å². The van der Waals surface area contributed by atoms with Crippen LogP contribution in [0.15, 0.2) is 58.0 Å². The highest BCUT2D eigenvalue weighted by molar-refractivity contribution is 8.01. The molecule has 134 valence electrons. The summed E-state index contributed by atoms with van der Waals surface area (Å²) < 4.78 is 7.67. The summed E-state index contributed by atoms with van der Waals surface area (Å²) in [7, 11) is 0.